The van der Waals surface area contributed by atoms with E-state index in [9.17, 15) is 0 Å². The van der Waals surface area contributed by atoms with Crippen LogP contribution in [0.2, 0.25) is 0 Å². The van der Waals surface area contributed by atoms with E-state index in [1.54, 1.807) is 16.8 Å². The number of rotatable bonds is 14. The van der Waals surface area contributed by atoms with Crippen molar-refractivity contribution in [3.05, 3.63) is 23.0 Å². The summed E-state index contributed by atoms with van der Waals surface area (Å²) in [4.78, 5) is 0. The van der Waals surface area contributed by atoms with Gasteiger partial charge in [0.25, 0.3) is 0 Å². The fraction of sp³-hybridized carbons (Fsp3) is 0.818. The number of hydrogen-bond acceptors (Lipinski definition) is 0. The molecule has 134 valence electrons. The van der Waals surface area contributed by atoms with E-state index in [4.69, 9.17) is 0 Å². The van der Waals surface area contributed by atoms with Crippen LogP contribution in [-0.4, -0.2) is 4.57 Å². The second-order valence-electron chi connectivity index (χ2n) is 7.24. The van der Waals surface area contributed by atoms with Gasteiger partial charge in [0.05, 0.1) is 0 Å². The molecule has 1 nitrogen and oxygen atoms in total. The maximum Gasteiger partial charge on any atom is 0.0222 e. The lowest BCUT2D eigenvalue weighted by molar-refractivity contribution is 0.612. The molecular formula is C22H41N. The third-order valence-electron chi connectivity index (χ3n) is 5.15. The Bertz CT molecular complexity index is 402. The van der Waals surface area contributed by atoms with Crippen molar-refractivity contribution in [2.75, 3.05) is 0 Å². The summed E-state index contributed by atoms with van der Waals surface area (Å²) >= 11 is 0. The minimum Gasteiger partial charge on any atom is -0.351 e. The van der Waals surface area contributed by atoms with Gasteiger partial charge in [-0.2, -0.15) is 0 Å². The molecule has 0 fully saturated rings. The van der Waals surface area contributed by atoms with Crippen LogP contribution in [-0.2, 0) is 19.4 Å². The standard InChI is InChI=1S/C22H41N/c1-5-8-11-13-15-17-22-20(4)23(18-10-7-3)19-21(22)16-14-12-9-6-2/h19H,5-18H2,1-4H3. The highest BCUT2D eigenvalue weighted by atomic mass is 15.0. The molecular weight excluding hydrogens is 278 g/mol. The molecule has 0 saturated heterocycles. The zero-order chi connectivity index (χ0) is 16.9. The second-order valence-corrected chi connectivity index (χ2v) is 7.24. The zero-order valence-corrected chi connectivity index (χ0v) is 16.4. The van der Waals surface area contributed by atoms with Crippen molar-refractivity contribution in [3.63, 3.8) is 0 Å². The zero-order valence-electron chi connectivity index (χ0n) is 16.4. The van der Waals surface area contributed by atoms with Gasteiger partial charge in [-0.3, -0.25) is 0 Å². The number of hydrogen-bond donors (Lipinski definition) is 0. The van der Waals surface area contributed by atoms with Crippen LogP contribution >= 0.6 is 0 Å². The average Bonchev–Trinajstić information content (AvgIpc) is 2.85. The molecule has 0 saturated carbocycles. The molecule has 1 heterocycles. The van der Waals surface area contributed by atoms with Crippen LogP contribution in [0, 0.1) is 6.92 Å². The first kappa shape index (κ1) is 20.3. The van der Waals surface area contributed by atoms with Crippen LogP contribution in [0.4, 0.5) is 0 Å². The number of aryl methyl sites for hydroxylation is 2. The lowest BCUT2D eigenvalue weighted by Gasteiger charge is -2.08. The van der Waals surface area contributed by atoms with Crippen LogP contribution in [0.25, 0.3) is 0 Å². The van der Waals surface area contributed by atoms with Crippen molar-refractivity contribution < 1.29 is 0 Å². The first-order valence-electron chi connectivity index (χ1n) is 10.4. The third-order valence-corrected chi connectivity index (χ3v) is 5.15. The van der Waals surface area contributed by atoms with Gasteiger partial charge in [0.2, 0.25) is 0 Å². The Morgan fingerprint density at radius 1 is 0.696 bits per heavy atom. The molecule has 0 radical (unpaired) electrons. The Kier molecular flexibility index (Phi) is 11.2. The van der Waals surface area contributed by atoms with Crippen molar-refractivity contribution in [2.24, 2.45) is 0 Å². The summed E-state index contributed by atoms with van der Waals surface area (Å²) in [5.74, 6) is 0. The van der Waals surface area contributed by atoms with E-state index in [1.807, 2.05) is 0 Å². The van der Waals surface area contributed by atoms with Gasteiger partial charge in [0.15, 0.2) is 0 Å². The van der Waals surface area contributed by atoms with Crippen LogP contribution in [0.5, 0.6) is 0 Å². The molecule has 1 heteroatoms. The Morgan fingerprint density at radius 3 is 1.91 bits per heavy atom. The molecule has 1 aromatic rings. The first-order chi connectivity index (χ1) is 11.2. The van der Waals surface area contributed by atoms with E-state index in [1.165, 1.54) is 90.0 Å². The molecule has 1 aromatic heterocycles. The van der Waals surface area contributed by atoms with Crippen LogP contribution in [0.1, 0.15) is 108 Å². The summed E-state index contributed by atoms with van der Waals surface area (Å²) in [5, 5.41) is 0. The summed E-state index contributed by atoms with van der Waals surface area (Å²) in [6.45, 7) is 10.4. The van der Waals surface area contributed by atoms with Gasteiger partial charge in [0.1, 0.15) is 0 Å². The van der Waals surface area contributed by atoms with Gasteiger partial charge in [0, 0.05) is 18.4 Å². The van der Waals surface area contributed by atoms with Gasteiger partial charge in [-0.15, -0.1) is 0 Å². The average molecular weight is 320 g/mol. The molecule has 23 heavy (non-hydrogen) atoms. The topological polar surface area (TPSA) is 4.93 Å². The van der Waals surface area contributed by atoms with Gasteiger partial charge < -0.3 is 4.57 Å². The van der Waals surface area contributed by atoms with E-state index >= 15 is 0 Å². The molecule has 0 N–H and O–H groups in total. The predicted octanol–water partition coefficient (Wildman–Crippen LogP) is 7.23. The van der Waals surface area contributed by atoms with Gasteiger partial charge in [-0.05, 0) is 50.2 Å². The molecule has 0 unspecified atom stereocenters. The van der Waals surface area contributed by atoms with Crippen LogP contribution in [0.15, 0.2) is 6.20 Å². The quantitative estimate of drug-likeness (QED) is 0.319. The first-order valence-corrected chi connectivity index (χ1v) is 10.4. The Balaban J connectivity index is 2.62. The van der Waals surface area contributed by atoms with Gasteiger partial charge in [-0.1, -0.05) is 72.1 Å². The van der Waals surface area contributed by atoms with Crippen molar-refractivity contribution in [2.45, 2.75) is 118 Å². The third kappa shape index (κ3) is 7.59. The van der Waals surface area contributed by atoms with Crippen molar-refractivity contribution in [1.29, 1.82) is 0 Å². The SMILES string of the molecule is CCCCCCCc1c(CCCCCC)cn(CCCC)c1C. The molecule has 1 rings (SSSR count). The van der Waals surface area contributed by atoms with E-state index in [2.05, 4.69) is 38.5 Å². The molecule has 0 amide bonds. The summed E-state index contributed by atoms with van der Waals surface area (Å²) < 4.78 is 2.54. The largest absolute Gasteiger partial charge is 0.351 e. The smallest absolute Gasteiger partial charge is 0.0222 e. The molecule has 0 spiro atoms. The molecule has 0 aliphatic heterocycles. The molecule has 0 aromatic carbocycles. The Labute approximate surface area is 145 Å². The van der Waals surface area contributed by atoms with E-state index in [-0.39, 0.29) is 0 Å². The van der Waals surface area contributed by atoms with Crippen molar-refractivity contribution in [1.82, 2.24) is 4.57 Å². The fourth-order valence-corrected chi connectivity index (χ4v) is 3.53. The highest BCUT2D eigenvalue weighted by Gasteiger charge is 2.12. The van der Waals surface area contributed by atoms with Gasteiger partial charge >= 0.3 is 0 Å². The molecule has 0 atom stereocenters. The normalized spacial score (nSPS) is 11.3. The highest BCUT2D eigenvalue weighted by molar-refractivity contribution is 5.32. The van der Waals surface area contributed by atoms with Crippen LogP contribution in [0.3, 0.4) is 0 Å². The van der Waals surface area contributed by atoms with Crippen molar-refractivity contribution in [3.8, 4) is 0 Å². The van der Waals surface area contributed by atoms with E-state index < -0.39 is 0 Å². The number of nitrogens with zero attached hydrogens (tertiary/aromatic N) is 1. The molecule has 0 aliphatic carbocycles. The molecule has 0 bridgehead atoms. The van der Waals surface area contributed by atoms with Crippen LogP contribution < -0.4 is 0 Å². The Hall–Kier alpha value is -0.720. The lowest BCUT2D eigenvalue weighted by atomic mass is 9.99. The van der Waals surface area contributed by atoms with Gasteiger partial charge in [-0.25, -0.2) is 0 Å². The maximum atomic E-state index is 2.54. The number of aromatic nitrogens is 1. The summed E-state index contributed by atoms with van der Waals surface area (Å²) in [6, 6.07) is 0. The van der Waals surface area contributed by atoms with Crippen molar-refractivity contribution >= 4 is 0 Å². The Morgan fingerprint density at radius 2 is 1.26 bits per heavy atom. The minimum atomic E-state index is 1.21. The predicted molar refractivity (Wildman–Crippen MR) is 104 cm³/mol. The monoisotopic (exact) mass is 319 g/mol. The summed E-state index contributed by atoms with van der Waals surface area (Å²) in [7, 11) is 0. The number of unbranched alkanes of at least 4 members (excludes halogenated alkanes) is 8. The maximum absolute atomic E-state index is 2.54. The minimum absolute atomic E-state index is 1.21. The van der Waals surface area contributed by atoms with E-state index in [0.29, 0.717) is 0 Å². The summed E-state index contributed by atoms with van der Waals surface area (Å²) in [6.07, 6.45) is 20.1. The highest BCUT2D eigenvalue weighted by Crippen LogP contribution is 2.23. The lowest BCUT2D eigenvalue weighted by Crippen LogP contribution is -1.99. The second kappa shape index (κ2) is 12.7. The van der Waals surface area contributed by atoms with E-state index in [0.717, 1.165) is 0 Å². The fourth-order valence-electron chi connectivity index (χ4n) is 3.53. The molecule has 0 aliphatic rings. The summed E-state index contributed by atoms with van der Waals surface area (Å²) in [5.41, 5.74) is 4.90.